The zero-order valence-corrected chi connectivity index (χ0v) is 15.6. The Kier molecular flexibility index (Phi) is 6.30. The standard InChI is InChI=1S/C19H23FN2O5/c1-12(2)8-9-19(3)17(25)22(18(26)21-19)10-16(24)27-11-15(23)13-4-6-14(20)7-5-13/h4-7,12H,8-11H2,1-3H3,(H,21,26)/t19-/m1/s1. The third-order valence-corrected chi connectivity index (χ3v) is 4.38. The summed E-state index contributed by atoms with van der Waals surface area (Å²) >= 11 is 0. The molecule has 7 nitrogen and oxygen atoms in total. The molecule has 0 unspecified atom stereocenters. The first kappa shape index (κ1) is 20.5. The molecule has 146 valence electrons. The minimum Gasteiger partial charge on any atom is -0.456 e. The number of esters is 1. The molecular formula is C19H23FN2O5. The first-order valence-electron chi connectivity index (χ1n) is 8.71. The lowest BCUT2D eigenvalue weighted by Crippen LogP contribution is -2.44. The van der Waals surface area contributed by atoms with Gasteiger partial charge in [0.15, 0.2) is 12.4 Å². The molecule has 0 spiro atoms. The van der Waals surface area contributed by atoms with E-state index < -0.39 is 48.2 Å². The van der Waals surface area contributed by atoms with Gasteiger partial charge in [0, 0.05) is 5.56 Å². The number of rotatable bonds is 8. The summed E-state index contributed by atoms with van der Waals surface area (Å²) in [4.78, 5) is 49.2. The van der Waals surface area contributed by atoms with Crippen LogP contribution in [0.15, 0.2) is 24.3 Å². The maximum atomic E-state index is 12.9. The summed E-state index contributed by atoms with van der Waals surface area (Å²) in [6, 6.07) is 4.15. The van der Waals surface area contributed by atoms with E-state index in [1.54, 1.807) is 6.92 Å². The topological polar surface area (TPSA) is 92.8 Å². The summed E-state index contributed by atoms with van der Waals surface area (Å²) < 4.78 is 17.7. The molecular weight excluding hydrogens is 355 g/mol. The Bertz CT molecular complexity index is 747. The van der Waals surface area contributed by atoms with Crippen molar-refractivity contribution in [3.05, 3.63) is 35.6 Å². The highest BCUT2D eigenvalue weighted by Crippen LogP contribution is 2.24. The molecule has 0 bridgehead atoms. The number of benzene rings is 1. The van der Waals surface area contributed by atoms with Gasteiger partial charge >= 0.3 is 12.0 Å². The average Bonchev–Trinajstić information content (AvgIpc) is 2.82. The molecule has 1 atom stereocenters. The van der Waals surface area contributed by atoms with Gasteiger partial charge in [-0.2, -0.15) is 0 Å². The Morgan fingerprint density at radius 1 is 1.22 bits per heavy atom. The van der Waals surface area contributed by atoms with Crippen LogP contribution in [0.5, 0.6) is 0 Å². The fourth-order valence-electron chi connectivity index (χ4n) is 2.68. The van der Waals surface area contributed by atoms with Crippen molar-refractivity contribution < 1.29 is 28.3 Å². The fraction of sp³-hybridized carbons (Fsp3) is 0.474. The molecule has 8 heteroatoms. The summed E-state index contributed by atoms with van der Waals surface area (Å²) in [5.74, 6) is -2.00. The van der Waals surface area contributed by atoms with Crippen LogP contribution in [0.2, 0.25) is 0 Å². The van der Waals surface area contributed by atoms with Crippen molar-refractivity contribution >= 4 is 23.7 Å². The SMILES string of the molecule is CC(C)CC[C@@]1(C)NC(=O)N(CC(=O)OCC(=O)c2ccc(F)cc2)C1=O. The van der Waals surface area contributed by atoms with E-state index in [2.05, 4.69) is 5.32 Å². The minimum atomic E-state index is -1.05. The van der Waals surface area contributed by atoms with Crippen LogP contribution in [-0.2, 0) is 14.3 Å². The number of urea groups is 1. The second-order valence-electron chi connectivity index (χ2n) is 7.18. The minimum absolute atomic E-state index is 0.195. The molecule has 1 aromatic rings. The van der Waals surface area contributed by atoms with Crippen LogP contribution in [0.3, 0.4) is 0 Å². The van der Waals surface area contributed by atoms with E-state index in [0.29, 0.717) is 12.3 Å². The third kappa shape index (κ3) is 5.12. The van der Waals surface area contributed by atoms with Gasteiger partial charge in [-0.05, 0) is 49.9 Å². The number of ether oxygens (including phenoxy) is 1. The number of hydrogen-bond donors (Lipinski definition) is 1. The van der Waals surface area contributed by atoms with E-state index in [1.807, 2.05) is 13.8 Å². The van der Waals surface area contributed by atoms with Crippen LogP contribution in [0, 0.1) is 11.7 Å². The molecule has 1 saturated heterocycles. The summed E-state index contributed by atoms with van der Waals surface area (Å²) in [6.45, 7) is 4.52. The van der Waals surface area contributed by atoms with Gasteiger partial charge in [0.2, 0.25) is 0 Å². The van der Waals surface area contributed by atoms with Crippen molar-refractivity contribution in [1.29, 1.82) is 0 Å². The number of halogens is 1. The Labute approximate surface area is 156 Å². The van der Waals surface area contributed by atoms with E-state index in [4.69, 9.17) is 4.74 Å². The first-order chi connectivity index (χ1) is 12.6. The molecule has 1 aliphatic rings. The largest absolute Gasteiger partial charge is 0.456 e. The number of ketones is 1. The van der Waals surface area contributed by atoms with Gasteiger partial charge < -0.3 is 10.1 Å². The van der Waals surface area contributed by atoms with Crippen molar-refractivity contribution in [3.8, 4) is 0 Å². The van der Waals surface area contributed by atoms with Gasteiger partial charge in [0.25, 0.3) is 5.91 Å². The lowest BCUT2D eigenvalue weighted by molar-refractivity contribution is -0.146. The zero-order chi connectivity index (χ0) is 20.2. The highest BCUT2D eigenvalue weighted by atomic mass is 19.1. The highest BCUT2D eigenvalue weighted by Gasteiger charge is 2.48. The van der Waals surface area contributed by atoms with Gasteiger partial charge in [-0.25, -0.2) is 9.18 Å². The average molecular weight is 378 g/mol. The van der Waals surface area contributed by atoms with E-state index in [9.17, 15) is 23.6 Å². The Morgan fingerprint density at radius 2 is 1.85 bits per heavy atom. The van der Waals surface area contributed by atoms with Gasteiger partial charge in [-0.3, -0.25) is 19.3 Å². The molecule has 27 heavy (non-hydrogen) atoms. The van der Waals surface area contributed by atoms with Gasteiger partial charge in [-0.15, -0.1) is 0 Å². The van der Waals surface area contributed by atoms with Gasteiger partial charge in [-0.1, -0.05) is 13.8 Å². The van der Waals surface area contributed by atoms with Gasteiger partial charge in [0.05, 0.1) is 0 Å². The molecule has 0 aromatic heterocycles. The summed E-state index contributed by atoms with van der Waals surface area (Å²) in [5, 5.41) is 2.61. The van der Waals surface area contributed by atoms with Crippen molar-refractivity contribution in [2.24, 2.45) is 5.92 Å². The van der Waals surface area contributed by atoms with Crippen LogP contribution < -0.4 is 5.32 Å². The van der Waals surface area contributed by atoms with Crippen LogP contribution in [0.4, 0.5) is 9.18 Å². The number of carbonyl (C=O) groups is 4. The van der Waals surface area contributed by atoms with E-state index >= 15 is 0 Å². The second kappa shape index (κ2) is 8.28. The van der Waals surface area contributed by atoms with E-state index in [0.717, 1.165) is 23.5 Å². The van der Waals surface area contributed by atoms with Crippen molar-refractivity contribution in [2.75, 3.05) is 13.2 Å². The molecule has 1 fully saturated rings. The zero-order valence-electron chi connectivity index (χ0n) is 15.6. The van der Waals surface area contributed by atoms with Crippen molar-refractivity contribution in [1.82, 2.24) is 10.2 Å². The fourth-order valence-corrected chi connectivity index (χ4v) is 2.68. The van der Waals surface area contributed by atoms with Crippen molar-refractivity contribution in [2.45, 2.75) is 39.2 Å². The highest BCUT2D eigenvalue weighted by molar-refractivity contribution is 6.08. The van der Waals surface area contributed by atoms with Crippen LogP contribution >= 0.6 is 0 Å². The first-order valence-corrected chi connectivity index (χ1v) is 8.71. The summed E-state index contributed by atoms with van der Waals surface area (Å²) in [7, 11) is 0. The molecule has 1 aliphatic heterocycles. The molecule has 2 rings (SSSR count). The lowest BCUT2D eigenvalue weighted by Gasteiger charge is -2.22. The Balaban J connectivity index is 1.89. The molecule has 1 aromatic carbocycles. The van der Waals surface area contributed by atoms with E-state index in [-0.39, 0.29) is 5.56 Å². The number of imide groups is 1. The maximum absolute atomic E-state index is 12.9. The van der Waals surface area contributed by atoms with Crippen molar-refractivity contribution in [3.63, 3.8) is 0 Å². The lowest BCUT2D eigenvalue weighted by atomic mass is 9.92. The predicted molar refractivity (Wildman–Crippen MR) is 94.4 cm³/mol. The maximum Gasteiger partial charge on any atom is 0.326 e. The quantitative estimate of drug-likeness (QED) is 0.426. The molecule has 0 saturated carbocycles. The predicted octanol–water partition coefficient (Wildman–Crippen LogP) is 2.30. The second-order valence-corrected chi connectivity index (χ2v) is 7.18. The van der Waals surface area contributed by atoms with Crippen LogP contribution in [0.25, 0.3) is 0 Å². The molecule has 1 heterocycles. The van der Waals surface area contributed by atoms with E-state index in [1.165, 1.54) is 12.1 Å². The third-order valence-electron chi connectivity index (χ3n) is 4.38. The summed E-state index contributed by atoms with van der Waals surface area (Å²) in [6.07, 6.45) is 1.21. The molecule has 1 N–H and O–H groups in total. The molecule has 0 aliphatic carbocycles. The summed E-state index contributed by atoms with van der Waals surface area (Å²) in [5.41, 5.74) is -0.855. The number of hydrogen-bond acceptors (Lipinski definition) is 5. The molecule has 3 amide bonds. The smallest absolute Gasteiger partial charge is 0.326 e. The van der Waals surface area contributed by atoms with Crippen LogP contribution in [0.1, 0.15) is 44.0 Å². The number of carbonyl (C=O) groups excluding carboxylic acids is 4. The normalized spacial score (nSPS) is 19.4. The Morgan fingerprint density at radius 3 is 2.44 bits per heavy atom. The Hall–Kier alpha value is -2.77. The molecule has 0 radical (unpaired) electrons. The number of nitrogens with zero attached hydrogens (tertiary/aromatic N) is 1. The monoisotopic (exact) mass is 378 g/mol. The number of amides is 3. The number of nitrogens with one attached hydrogen (secondary N) is 1. The van der Waals surface area contributed by atoms with Gasteiger partial charge in [0.1, 0.15) is 17.9 Å². The van der Waals surface area contributed by atoms with Crippen LogP contribution in [-0.4, -0.2) is 47.3 Å². The number of Topliss-reactive ketones (excluding diaryl/α,β-unsaturated/α-hetero) is 1.